The van der Waals surface area contributed by atoms with Gasteiger partial charge in [-0.3, -0.25) is 4.79 Å². The molecule has 0 saturated carbocycles. The van der Waals surface area contributed by atoms with E-state index in [1.54, 1.807) is 13.4 Å². The Bertz CT molecular complexity index is 1320. The number of rotatable bonds is 8. The van der Waals surface area contributed by atoms with E-state index in [1.807, 2.05) is 48.5 Å². The third-order valence-corrected chi connectivity index (χ3v) is 8.12. The van der Waals surface area contributed by atoms with Crippen molar-refractivity contribution < 1.29 is 19.2 Å². The van der Waals surface area contributed by atoms with Crippen LogP contribution in [-0.2, 0) is 45.6 Å². The molecule has 5 rings (SSSR count). The van der Waals surface area contributed by atoms with Gasteiger partial charge in [0.15, 0.2) is 4.90 Å². The Labute approximate surface area is 209 Å². The molecule has 0 amide bonds. The summed E-state index contributed by atoms with van der Waals surface area (Å²) in [5, 5.41) is 10.7. The van der Waals surface area contributed by atoms with Crippen LogP contribution in [0, 0.1) is 5.92 Å². The lowest BCUT2D eigenvalue weighted by atomic mass is 9.64. The molecule has 178 valence electrons. The molecule has 3 unspecified atom stereocenters. The summed E-state index contributed by atoms with van der Waals surface area (Å²) in [6, 6.07) is 22.0. The Morgan fingerprint density at radius 3 is 2.57 bits per heavy atom. The number of carboxylic acid groups (broad SMARTS) is 1. The number of hydrogen-bond donors (Lipinski definition) is 1. The van der Waals surface area contributed by atoms with Crippen molar-refractivity contribution in [3.63, 3.8) is 0 Å². The Kier molecular flexibility index (Phi) is 6.41. The normalized spacial score (nSPS) is 19.7. The highest BCUT2D eigenvalue weighted by Gasteiger charge is 2.48. The molecule has 3 aromatic rings. The summed E-state index contributed by atoms with van der Waals surface area (Å²) in [6.45, 7) is 0.505. The molecule has 3 aromatic carbocycles. The molecule has 5 heteroatoms. The van der Waals surface area contributed by atoms with Gasteiger partial charge in [-0.1, -0.05) is 66.8 Å². The van der Waals surface area contributed by atoms with Crippen molar-refractivity contribution in [3.05, 3.63) is 112 Å². The zero-order valence-corrected chi connectivity index (χ0v) is 20.7. The van der Waals surface area contributed by atoms with Gasteiger partial charge in [-0.2, -0.15) is 0 Å². The lowest BCUT2D eigenvalue weighted by molar-refractivity contribution is -0.141. The van der Waals surface area contributed by atoms with Gasteiger partial charge in [0.05, 0.1) is 12.5 Å². The number of fused-ring (bicyclic) bond motifs is 2. The van der Waals surface area contributed by atoms with Crippen molar-refractivity contribution in [1.82, 2.24) is 0 Å². The van der Waals surface area contributed by atoms with Crippen LogP contribution in [-0.4, -0.2) is 29.0 Å². The molecule has 35 heavy (non-hydrogen) atoms. The molecule has 0 aromatic heterocycles. The quantitative estimate of drug-likeness (QED) is 0.434. The van der Waals surface area contributed by atoms with E-state index in [9.17, 15) is 14.5 Å². The third kappa shape index (κ3) is 4.25. The fourth-order valence-electron chi connectivity index (χ4n) is 5.62. The first-order valence-electron chi connectivity index (χ1n) is 11.7. The van der Waals surface area contributed by atoms with Gasteiger partial charge in [0.2, 0.25) is 0 Å². The fourth-order valence-corrected chi connectivity index (χ4v) is 6.14. The van der Waals surface area contributed by atoms with Gasteiger partial charge in [0, 0.05) is 12.5 Å². The van der Waals surface area contributed by atoms with Gasteiger partial charge in [-0.05, 0) is 81.2 Å². The van der Waals surface area contributed by atoms with Gasteiger partial charge >= 0.3 is 5.97 Å². The molecule has 2 aliphatic carbocycles. The van der Waals surface area contributed by atoms with Crippen LogP contribution < -0.4 is 0 Å². The van der Waals surface area contributed by atoms with Gasteiger partial charge in [-0.15, -0.1) is 0 Å². The molecule has 4 nitrogen and oxygen atoms in total. The summed E-state index contributed by atoms with van der Waals surface area (Å²) >= 11 is -1.06. The largest absolute Gasteiger partial charge is 0.612 e. The minimum Gasteiger partial charge on any atom is -0.612 e. The van der Waals surface area contributed by atoms with Crippen LogP contribution in [0.1, 0.15) is 33.4 Å². The van der Waals surface area contributed by atoms with Crippen molar-refractivity contribution in [2.24, 2.45) is 5.92 Å². The van der Waals surface area contributed by atoms with E-state index in [1.165, 1.54) is 0 Å². The molecule has 0 bridgehead atoms. The standard InChI is InChI=1S/C30H28O4S/c1-34-19-21-9-14-27-23(17-21)15-16-30(27,18-20-7-11-24(12-8-20)35(2)33)28(29(31)32)26-13-10-22-5-3-4-6-25(22)26/h3-9,11-17,28H,10,18-19H2,1-2H3,(H,31,32). The maximum atomic E-state index is 13.1. The van der Waals surface area contributed by atoms with E-state index in [-0.39, 0.29) is 0 Å². The number of benzene rings is 3. The van der Waals surface area contributed by atoms with E-state index in [0.717, 1.165) is 50.3 Å². The van der Waals surface area contributed by atoms with Gasteiger partial charge < -0.3 is 14.4 Å². The number of allylic oxidation sites excluding steroid dienone is 2. The number of aliphatic carboxylic acids is 1. The average molecular weight is 485 g/mol. The zero-order chi connectivity index (χ0) is 24.6. The number of hydrogen-bond acceptors (Lipinski definition) is 3. The molecule has 2 aliphatic rings. The summed E-state index contributed by atoms with van der Waals surface area (Å²) in [7, 11) is 1.67. The molecule has 1 N–H and O–H groups in total. The van der Waals surface area contributed by atoms with Crippen LogP contribution in [0.25, 0.3) is 11.6 Å². The molecular weight excluding hydrogens is 456 g/mol. The topological polar surface area (TPSA) is 69.6 Å². The minimum atomic E-state index is -1.06. The van der Waals surface area contributed by atoms with Gasteiger partial charge in [0.25, 0.3) is 0 Å². The van der Waals surface area contributed by atoms with Crippen LogP contribution in [0.3, 0.4) is 0 Å². The summed E-state index contributed by atoms with van der Waals surface area (Å²) < 4.78 is 17.2. The Hall–Kier alpha value is -3.12. The van der Waals surface area contributed by atoms with E-state index >= 15 is 0 Å². The number of ether oxygens (including phenoxy) is 1. The Morgan fingerprint density at radius 1 is 1.11 bits per heavy atom. The van der Waals surface area contributed by atoms with Crippen LogP contribution in [0.4, 0.5) is 0 Å². The first-order chi connectivity index (χ1) is 16.9. The average Bonchev–Trinajstić information content (AvgIpc) is 3.42. The highest BCUT2D eigenvalue weighted by Crippen LogP contribution is 2.51. The van der Waals surface area contributed by atoms with Crippen molar-refractivity contribution >= 4 is 28.8 Å². The second-order valence-electron chi connectivity index (χ2n) is 9.30. The van der Waals surface area contributed by atoms with Crippen LogP contribution >= 0.6 is 0 Å². The smallest absolute Gasteiger partial charge is 0.312 e. The maximum Gasteiger partial charge on any atom is 0.312 e. The molecule has 0 fully saturated rings. The Balaban J connectivity index is 1.65. The van der Waals surface area contributed by atoms with E-state index in [4.69, 9.17) is 4.74 Å². The predicted molar refractivity (Wildman–Crippen MR) is 140 cm³/mol. The first kappa shape index (κ1) is 23.6. The van der Waals surface area contributed by atoms with Crippen LogP contribution in [0.2, 0.25) is 0 Å². The zero-order valence-electron chi connectivity index (χ0n) is 19.9. The van der Waals surface area contributed by atoms with E-state index < -0.39 is 28.5 Å². The van der Waals surface area contributed by atoms with Crippen LogP contribution in [0.15, 0.2) is 83.8 Å². The monoisotopic (exact) mass is 484 g/mol. The number of carbonyl (C=O) groups is 1. The molecule has 0 heterocycles. The lowest BCUT2D eigenvalue weighted by Crippen LogP contribution is -2.40. The highest BCUT2D eigenvalue weighted by atomic mass is 32.2. The third-order valence-electron chi connectivity index (χ3n) is 7.18. The van der Waals surface area contributed by atoms with Gasteiger partial charge in [0.1, 0.15) is 6.26 Å². The van der Waals surface area contributed by atoms with E-state index in [2.05, 4.69) is 36.4 Å². The maximum absolute atomic E-state index is 13.1. The first-order valence-corrected chi connectivity index (χ1v) is 13.2. The van der Waals surface area contributed by atoms with Crippen LogP contribution in [0.5, 0.6) is 0 Å². The fraction of sp³-hybridized carbons (Fsp3) is 0.233. The second-order valence-corrected chi connectivity index (χ2v) is 10.7. The van der Waals surface area contributed by atoms with Crippen molar-refractivity contribution in [3.8, 4) is 0 Å². The van der Waals surface area contributed by atoms with E-state index in [0.29, 0.717) is 13.0 Å². The summed E-state index contributed by atoms with van der Waals surface area (Å²) in [5.74, 6) is -1.59. The van der Waals surface area contributed by atoms with Crippen molar-refractivity contribution in [1.29, 1.82) is 0 Å². The molecule has 0 aliphatic heterocycles. The SMILES string of the molecule is COCc1ccc2c(c1)C=CC2(Cc1ccc([S+](C)[O-])cc1)C(C(=O)O)C1=CCc2ccccc21. The van der Waals surface area contributed by atoms with Crippen molar-refractivity contribution in [2.45, 2.75) is 29.8 Å². The predicted octanol–water partition coefficient (Wildman–Crippen LogP) is 5.42. The minimum absolute atomic E-state index is 0.505. The molecule has 3 atom stereocenters. The van der Waals surface area contributed by atoms with Gasteiger partial charge in [-0.25, -0.2) is 0 Å². The second kappa shape index (κ2) is 9.50. The number of carboxylic acids is 1. The Morgan fingerprint density at radius 2 is 1.86 bits per heavy atom. The molecule has 0 spiro atoms. The van der Waals surface area contributed by atoms with Crippen molar-refractivity contribution in [2.75, 3.05) is 13.4 Å². The molecular formula is C30H28O4S. The lowest BCUT2D eigenvalue weighted by Gasteiger charge is -2.37. The summed E-state index contributed by atoms with van der Waals surface area (Å²) in [5.41, 5.74) is 6.41. The summed E-state index contributed by atoms with van der Waals surface area (Å²) in [4.78, 5) is 13.8. The highest BCUT2D eigenvalue weighted by molar-refractivity contribution is 7.90. The number of methoxy groups -OCH3 is 1. The summed E-state index contributed by atoms with van der Waals surface area (Å²) in [6.07, 6.45) is 9.15. The molecule has 0 radical (unpaired) electrons. The molecule has 0 saturated heterocycles.